The Kier molecular flexibility index (Phi) is 4.41. The van der Waals surface area contributed by atoms with E-state index in [1.807, 2.05) is 30.3 Å². The van der Waals surface area contributed by atoms with Crippen molar-refractivity contribution in [1.82, 2.24) is 9.80 Å². The zero-order chi connectivity index (χ0) is 14.7. The van der Waals surface area contributed by atoms with Gasteiger partial charge in [-0.2, -0.15) is 0 Å². The van der Waals surface area contributed by atoms with Gasteiger partial charge in [0.1, 0.15) is 6.61 Å². The van der Waals surface area contributed by atoms with Crippen molar-refractivity contribution in [3.8, 4) is 0 Å². The maximum absolute atomic E-state index is 12.1. The second-order valence-corrected chi connectivity index (χ2v) is 5.89. The molecule has 2 aliphatic rings. The molecule has 0 spiro atoms. The van der Waals surface area contributed by atoms with Gasteiger partial charge in [0, 0.05) is 32.2 Å². The van der Waals surface area contributed by atoms with Crippen molar-refractivity contribution in [2.24, 2.45) is 0 Å². The Morgan fingerprint density at radius 2 is 2.00 bits per heavy atom. The number of benzene rings is 1. The molecular weight excluding hydrogens is 268 g/mol. The van der Waals surface area contributed by atoms with Crippen molar-refractivity contribution in [3.05, 3.63) is 35.9 Å². The molecule has 5 heteroatoms. The van der Waals surface area contributed by atoms with Crippen LogP contribution in [0.25, 0.3) is 0 Å². The molecule has 1 atom stereocenters. The number of nitrogens with zero attached hydrogens (tertiary/aromatic N) is 2. The number of carbonyl (C=O) groups is 1. The molecule has 2 fully saturated rings. The molecule has 1 aromatic rings. The first-order valence-corrected chi connectivity index (χ1v) is 7.60. The van der Waals surface area contributed by atoms with Crippen LogP contribution in [0.1, 0.15) is 18.4 Å². The predicted octanol–water partition coefficient (Wildman–Crippen LogP) is 1.46. The van der Waals surface area contributed by atoms with Crippen LogP contribution in [0.4, 0.5) is 4.79 Å². The van der Waals surface area contributed by atoms with Crippen LogP contribution in [0.5, 0.6) is 0 Å². The molecule has 1 N–H and O–H groups in total. The Labute approximate surface area is 125 Å². The fraction of sp³-hybridized carbons (Fsp3) is 0.562. The van der Waals surface area contributed by atoms with Crippen molar-refractivity contribution in [3.63, 3.8) is 0 Å². The SMILES string of the molecule is O=C(OCc1ccccc1)N1CCCC(N2CC(O)C2)C1. The first-order valence-electron chi connectivity index (χ1n) is 7.60. The van der Waals surface area contributed by atoms with Crippen LogP contribution in [0.2, 0.25) is 0 Å². The third-order valence-corrected chi connectivity index (χ3v) is 4.27. The first kappa shape index (κ1) is 14.4. The van der Waals surface area contributed by atoms with Gasteiger partial charge in [-0.15, -0.1) is 0 Å². The van der Waals surface area contributed by atoms with Crippen LogP contribution in [0, 0.1) is 0 Å². The lowest BCUT2D eigenvalue weighted by atomic mass is 10.00. The molecule has 0 aromatic heterocycles. The van der Waals surface area contributed by atoms with Gasteiger partial charge in [0.15, 0.2) is 0 Å². The van der Waals surface area contributed by atoms with E-state index in [2.05, 4.69) is 4.90 Å². The molecule has 0 bridgehead atoms. The molecule has 3 rings (SSSR count). The van der Waals surface area contributed by atoms with Crippen molar-refractivity contribution < 1.29 is 14.6 Å². The van der Waals surface area contributed by atoms with E-state index < -0.39 is 0 Å². The van der Waals surface area contributed by atoms with E-state index in [-0.39, 0.29) is 12.2 Å². The normalized spacial score (nSPS) is 23.7. The van der Waals surface area contributed by atoms with Gasteiger partial charge in [-0.3, -0.25) is 4.90 Å². The summed E-state index contributed by atoms with van der Waals surface area (Å²) in [6.45, 7) is 3.26. The predicted molar refractivity (Wildman–Crippen MR) is 78.8 cm³/mol. The Hall–Kier alpha value is -1.59. The van der Waals surface area contributed by atoms with E-state index in [0.29, 0.717) is 19.2 Å². The van der Waals surface area contributed by atoms with Crippen molar-refractivity contribution in [2.75, 3.05) is 26.2 Å². The number of rotatable bonds is 3. The number of likely N-dealkylation sites (tertiary alicyclic amines) is 2. The third-order valence-electron chi connectivity index (χ3n) is 4.27. The van der Waals surface area contributed by atoms with Crippen LogP contribution in [0.15, 0.2) is 30.3 Å². The molecule has 2 aliphatic heterocycles. The molecule has 0 aliphatic carbocycles. The van der Waals surface area contributed by atoms with Crippen molar-refractivity contribution in [2.45, 2.75) is 31.6 Å². The highest BCUT2D eigenvalue weighted by Crippen LogP contribution is 2.21. The molecule has 5 nitrogen and oxygen atoms in total. The van der Waals surface area contributed by atoms with Crippen LogP contribution in [-0.2, 0) is 11.3 Å². The van der Waals surface area contributed by atoms with E-state index in [1.165, 1.54) is 0 Å². The number of amides is 1. The highest BCUT2D eigenvalue weighted by Gasteiger charge is 2.34. The van der Waals surface area contributed by atoms with E-state index in [1.54, 1.807) is 4.90 Å². The lowest BCUT2D eigenvalue weighted by Gasteiger charge is -2.45. The van der Waals surface area contributed by atoms with Crippen molar-refractivity contribution in [1.29, 1.82) is 0 Å². The summed E-state index contributed by atoms with van der Waals surface area (Å²) >= 11 is 0. The van der Waals surface area contributed by atoms with Gasteiger partial charge in [0.2, 0.25) is 0 Å². The average Bonchev–Trinajstić information content (AvgIpc) is 2.50. The summed E-state index contributed by atoms with van der Waals surface area (Å²) in [7, 11) is 0. The van der Waals surface area contributed by atoms with Gasteiger partial charge in [-0.05, 0) is 18.4 Å². The monoisotopic (exact) mass is 290 g/mol. The summed E-state index contributed by atoms with van der Waals surface area (Å²) in [5, 5.41) is 9.39. The summed E-state index contributed by atoms with van der Waals surface area (Å²) in [5.74, 6) is 0. The maximum Gasteiger partial charge on any atom is 0.410 e. The standard InChI is InChI=1S/C16H22N2O3/c19-15-10-18(11-15)14-7-4-8-17(9-14)16(20)21-12-13-5-2-1-3-6-13/h1-3,5-6,14-15,19H,4,7-12H2. The Balaban J connectivity index is 1.48. The van der Waals surface area contributed by atoms with Crippen LogP contribution < -0.4 is 0 Å². The quantitative estimate of drug-likeness (QED) is 0.916. The Morgan fingerprint density at radius 3 is 2.71 bits per heavy atom. The molecule has 0 saturated carbocycles. The van der Waals surface area contributed by atoms with Gasteiger partial charge in [-0.1, -0.05) is 30.3 Å². The molecule has 2 heterocycles. The minimum Gasteiger partial charge on any atom is -0.445 e. The topological polar surface area (TPSA) is 53.0 Å². The second kappa shape index (κ2) is 6.45. The highest BCUT2D eigenvalue weighted by molar-refractivity contribution is 5.67. The largest absolute Gasteiger partial charge is 0.445 e. The molecule has 1 amide bonds. The number of carbonyl (C=O) groups excluding carboxylic acids is 1. The fourth-order valence-electron chi connectivity index (χ4n) is 3.02. The smallest absolute Gasteiger partial charge is 0.410 e. The minimum absolute atomic E-state index is 0.189. The number of hydrogen-bond acceptors (Lipinski definition) is 4. The second-order valence-electron chi connectivity index (χ2n) is 5.89. The summed E-state index contributed by atoms with van der Waals surface area (Å²) < 4.78 is 5.39. The van der Waals surface area contributed by atoms with E-state index >= 15 is 0 Å². The Morgan fingerprint density at radius 1 is 1.24 bits per heavy atom. The molecule has 1 aromatic carbocycles. The fourth-order valence-corrected chi connectivity index (χ4v) is 3.02. The number of aliphatic hydroxyl groups excluding tert-OH is 1. The molecule has 1 unspecified atom stereocenters. The maximum atomic E-state index is 12.1. The van der Waals surface area contributed by atoms with E-state index in [4.69, 9.17) is 4.74 Å². The van der Waals surface area contributed by atoms with Gasteiger partial charge in [0.25, 0.3) is 0 Å². The van der Waals surface area contributed by atoms with Gasteiger partial charge >= 0.3 is 6.09 Å². The van der Waals surface area contributed by atoms with Crippen LogP contribution in [-0.4, -0.2) is 59.3 Å². The summed E-state index contributed by atoms with van der Waals surface area (Å²) in [6, 6.07) is 10.1. The number of aliphatic hydroxyl groups is 1. The number of β-amino-alcohol motifs (C(OH)–C–C–N with tert-alkyl or cyclic N) is 1. The molecule has 21 heavy (non-hydrogen) atoms. The zero-order valence-electron chi connectivity index (χ0n) is 12.1. The minimum atomic E-state index is -0.232. The van der Waals surface area contributed by atoms with Crippen LogP contribution >= 0.6 is 0 Å². The molecule has 0 radical (unpaired) electrons. The highest BCUT2D eigenvalue weighted by atomic mass is 16.6. The lowest BCUT2D eigenvalue weighted by molar-refractivity contribution is -0.0420. The van der Waals surface area contributed by atoms with Crippen molar-refractivity contribution >= 4 is 6.09 Å². The number of ether oxygens (including phenoxy) is 1. The summed E-state index contributed by atoms with van der Waals surface area (Å²) in [4.78, 5) is 16.2. The summed E-state index contributed by atoms with van der Waals surface area (Å²) in [5.41, 5.74) is 1.00. The zero-order valence-corrected chi connectivity index (χ0v) is 12.1. The van der Waals surface area contributed by atoms with E-state index in [0.717, 1.165) is 38.0 Å². The molecule has 2 saturated heterocycles. The first-order chi connectivity index (χ1) is 10.2. The average molecular weight is 290 g/mol. The number of hydrogen-bond donors (Lipinski definition) is 1. The summed E-state index contributed by atoms with van der Waals surface area (Å²) in [6.07, 6.45) is 1.67. The number of piperidine rings is 1. The molecule has 114 valence electrons. The van der Waals surface area contributed by atoms with Gasteiger partial charge in [0.05, 0.1) is 6.10 Å². The third kappa shape index (κ3) is 3.54. The lowest BCUT2D eigenvalue weighted by Crippen LogP contribution is -2.60. The van der Waals surface area contributed by atoms with Gasteiger partial charge in [-0.25, -0.2) is 4.79 Å². The Bertz CT molecular complexity index is 474. The van der Waals surface area contributed by atoms with Gasteiger partial charge < -0.3 is 14.7 Å². The van der Waals surface area contributed by atoms with Crippen LogP contribution in [0.3, 0.4) is 0 Å². The van der Waals surface area contributed by atoms with E-state index in [9.17, 15) is 9.90 Å². The molecular formula is C16H22N2O3.